The minimum Gasteiger partial charge on any atom is -0.490 e. The fraction of sp³-hybridized carbons (Fsp3) is 0.583. The molecule has 3 nitrogen and oxygen atoms in total. The van der Waals surface area contributed by atoms with Gasteiger partial charge in [-0.25, -0.2) is 0 Å². The molecule has 0 radical (unpaired) electrons. The van der Waals surface area contributed by atoms with Crippen molar-refractivity contribution in [3.63, 3.8) is 0 Å². The van der Waals surface area contributed by atoms with Gasteiger partial charge in [-0.05, 0) is 31.7 Å². The molecule has 0 spiro atoms. The molecule has 0 bridgehead atoms. The normalized spacial score (nSPS) is 17.7. The quantitative estimate of drug-likeness (QED) is 0.826. The Morgan fingerprint density at radius 3 is 2.87 bits per heavy atom. The summed E-state index contributed by atoms with van der Waals surface area (Å²) in [5.41, 5.74) is 0.670. The summed E-state index contributed by atoms with van der Waals surface area (Å²) in [5.74, 6) is 0.834. The number of aliphatic hydroxyl groups is 1. The molecule has 1 aliphatic carbocycles. The van der Waals surface area contributed by atoms with Gasteiger partial charge < -0.3 is 9.84 Å². The molecule has 82 valence electrons. The molecule has 15 heavy (non-hydrogen) atoms. The van der Waals surface area contributed by atoms with Crippen molar-refractivity contribution in [3.05, 3.63) is 24.0 Å². The van der Waals surface area contributed by atoms with Crippen LogP contribution in [0.5, 0.6) is 5.75 Å². The highest BCUT2D eigenvalue weighted by molar-refractivity contribution is 5.22. The van der Waals surface area contributed by atoms with Crippen molar-refractivity contribution in [1.29, 1.82) is 0 Å². The van der Waals surface area contributed by atoms with Crippen LogP contribution in [0.25, 0.3) is 0 Å². The van der Waals surface area contributed by atoms with E-state index in [4.69, 9.17) is 9.84 Å². The van der Waals surface area contributed by atoms with E-state index in [-0.39, 0.29) is 6.61 Å². The minimum atomic E-state index is -0.0259. The van der Waals surface area contributed by atoms with Crippen LogP contribution in [0, 0.1) is 0 Å². The zero-order valence-electron chi connectivity index (χ0n) is 8.85. The van der Waals surface area contributed by atoms with Gasteiger partial charge in [0.1, 0.15) is 5.75 Å². The second-order valence-electron chi connectivity index (χ2n) is 4.02. The standard InChI is InChI=1S/C12H17NO2/c14-9-10-8-12(6-7-13-10)15-11-4-2-1-3-5-11/h6-8,11,14H,1-5,9H2. The van der Waals surface area contributed by atoms with E-state index >= 15 is 0 Å². The summed E-state index contributed by atoms with van der Waals surface area (Å²) in [6, 6.07) is 3.67. The molecule has 0 atom stereocenters. The first-order chi connectivity index (χ1) is 7.38. The fourth-order valence-corrected chi connectivity index (χ4v) is 1.99. The molecule has 1 aromatic heterocycles. The smallest absolute Gasteiger partial charge is 0.123 e. The molecule has 0 amide bonds. The highest BCUT2D eigenvalue weighted by atomic mass is 16.5. The molecule has 1 saturated carbocycles. The zero-order valence-corrected chi connectivity index (χ0v) is 8.85. The summed E-state index contributed by atoms with van der Waals surface area (Å²) in [6.07, 6.45) is 8.20. The number of aliphatic hydroxyl groups excluding tert-OH is 1. The van der Waals surface area contributed by atoms with E-state index in [1.807, 2.05) is 12.1 Å². The van der Waals surface area contributed by atoms with Crippen LogP contribution in [0.4, 0.5) is 0 Å². The van der Waals surface area contributed by atoms with E-state index in [0.29, 0.717) is 11.8 Å². The summed E-state index contributed by atoms with van der Waals surface area (Å²) < 4.78 is 5.85. The van der Waals surface area contributed by atoms with Crippen molar-refractivity contribution in [2.45, 2.75) is 44.8 Å². The topological polar surface area (TPSA) is 42.4 Å². The molecule has 0 aromatic carbocycles. The van der Waals surface area contributed by atoms with Crippen LogP contribution in [0.3, 0.4) is 0 Å². The number of aromatic nitrogens is 1. The molecular formula is C12H17NO2. The van der Waals surface area contributed by atoms with Gasteiger partial charge in [0.05, 0.1) is 18.4 Å². The molecule has 1 fully saturated rings. The molecule has 1 heterocycles. The Balaban J connectivity index is 1.96. The largest absolute Gasteiger partial charge is 0.490 e. The Hall–Kier alpha value is -1.09. The van der Waals surface area contributed by atoms with Crippen LogP contribution >= 0.6 is 0 Å². The van der Waals surface area contributed by atoms with Gasteiger partial charge in [0, 0.05) is 12.3 Å². The van der Waals surface area contributed by atoms with Crippen LogP contribution in [-0.2, 0) is 6.61 Å². The number of nitrogens with zero attached hydrogens (tertiary/aromatic N) is 1. The summed E-state index contributed by atoms with van der Waals surface area (Å²) in [6.45, 7) is -0.0259. The van der Waals surface area contributed by atoms with E-state index in [0.717, 1.165) is 18.6 Å². The second-order valence-corrected chi connectivity index (χ2v) is 4.02. The monoisotopic (exact) mass is 207 g/mol. The number of pyridine rings is 1. The van der Waals surface area contributed by atoms with Crippen LogP contribution in [-0.4, -0.2) is 16.2 Å². The van der Waals surface area contributed by atoms with Crippen molar-refractivity contribution in [2.75, 3.05) is 0 Å². The van der Waals surface area contributed by atoms with Crippen molar-refractivity contribution in [2.24, 2.45) is 0 Å². The Labute approximate surface area is 90.1 Å². The third kappa shape index (κ3) is 2.93. The Kier molecular flexibility index (Phi) is 3.56. The van der Waals surface area contributed by atoms with Gasteiger partial charge in [-0.2, -0.15) is 0 Å². The number of hydrogen-bond acceptors (Lipinski definition) is 3. The maximum Gasteiger partial charge on any atom is 0.123 e. The Morgan fingerprint density at radius 2 is 2.13 bits per heavy atom. The van der Waals surface area contributed by atoms with Crippen LogP contribution < -0.4 is 4.74 Å². The first-order valence-corrected chi connectivity index (χ1v) is 5.61. The lowest BCUT2D eigenvalue weighted by Gasteiger charge is -2.23. The number of hydrogen-bond donors (Lipinski definition) is 1. The highest BCUT2D eigenvalue weighted by Gasteiger charge is 2.14. The SMILES string of the molecule is OCc1cc(OC2CCCCC2)ccn1. The van der Waals surface area contributed by atoms with Crippen molar-refractivity contribution >= 4 is 0 Å². The molecule has 1 aromatic rings. The molecule has 2 rings (SSSR count). The van der Waals surface area contributed by atoms with E-state index in [1.165, 1.54) is 19.3 Å². The summed E-state index contributed by atoms with van der Waals surface area (Å²) >= 11 is 0. The highest BCUT2D eigenvalue weighted by Crippen LogP contribution is 2.23. The first kappa shape index (κ1) is 10.4. The molecule has 0 unspecified atom stereocenters. The van der Waals surface area contributed by atoms with E-state index in [2.05, 4.69) is 4.98 Å². The second kappa shape index (κ2) is 5.12. The fourth-order valence-electron chi connectivity index (χ4n) is 1.99. The van der Waals surface area contributed by atoms with Gasteiger partial charge in [-0.15, -0.1) is 0 Å². The van der Waals surface area contributed by atoms with Crippen molar-refractivity contribution < 1.29 is 9.84 Å². The van der Waals surface area contributed by atoms with Gasteiger partial charge in [-0.1, -0.05) is 6.42 Å². The average molecular weight is 207 g/mol. The molecule has 1 N–H and O–H groups in total. The third-order valence-corrected chi connectivity index (χ3v) is 2.80. The minimum absolute atomic E-state index is 0.0259. The average Bonchev–Trinajstić information content (AvgIpc) is 2.31. The molecule has 0 saturated heterocycles. The van der Waals surface area contributed by atoms with Crippen LogP contribution in [0.1, 0.15) is 37.8 Å². The summed E-state index contributed by atoms with van der Waals surface area (Å²) in [7, 11) is 0. The summed E-state index contributed by atoms with van der Waals surface area (Å²) in [4.78, 5) is 4.02. The predicted molar refractivity (Wildman–Crippen MR) is 57.7 cm³/mol. The van der Waals surface area contributed by atoms with E-state index < -0.39 is 0 Å². The Bertz CT molecular complexity index is 308. The number of rotatable bonds is 3. The predicted octanol–water partition coefficient (Wildman–Crippen LogP) is 2.29. The first-order valence-electron chi connectivity index (χ1n) is 5.61. The van der Waals surface area contributed by atoms with Gasteiger partial charge in [0.15, 0.2) is 0 Å². The third-order valence-electron chi connectivity index (χ3n) is 2.80. The van der Waals surface area contributed by atoms with Gasteiger partial charge >= 0.3 is 0 Å². The Morgan fingerprint density at radius 1 is 1.33 bits per heavy atom. The summed E-state index contributed by atoms with van der Waals surface area (Å²) in [5, 5.41) is 8.95. The molecule has 1 aliphatic rings. The van der Waals surface area contributed by atoms with E-state index in [1.54, 1.807) is 6.20 Å². The van der Waals surface area contributed by atoms with Crippen LogP contribution in [0.2, 0.25) is 0 Å². The van der Waals surface area contributed by atoms with Gasteiger partial charge in [0.2, 0.25) is 0 Å². The zero-order chi connectivity index (χ0) is 10.5. The number of ether oxygens (including phenoxy) is 1. The molecule has 3 heteroatoms. The van der Waals surface area contributed by atoms with Gasteiger partial charge in [0.25, 0.3) is 0 Å². The molecular weight excluding hydrogens is 190 g/mol. The van der Waals surface area contributed by atoms with E-state index in [9.17, 15) is 0 Å². The lowest BCUT2D eigenvalue weighted by molar-refractivity contribution is 0.154. The lowest BCUT2D eigenvalue weighted by atomic mass is 9.98. The van der Waals surface area contributed by atoms with Crippen molar-refractivity contribution in [1.82, 2.24) is 4.98 Å². The lowest BCUT2D eigenvalue weighted by Crippen LogP contribution is -2.19. The maximum atomic E-state index is 8.95. The molecule has 0 aliphatic heterocycles. The maximum absolute atomic E-state index is 8.95. The van der Waals surface area contributed by atoms with Crippen LogP contribution in [0.15, 0.2) is 18.3 Å². The van der Waals surface area contributed by atoms with Gasteiger partial charge in [-0.3, -0.25) is 4.98 Å². The van der Waals surface area contributed by atoms with Crippen molar-refractivity contribution in [3.8, 4) is 5.75 Å².